The fourth-order valence-corrected chi connectivity index (χ4v) is 2.04. The summed E-state index contributed by atoms with van der Waals surface area (Å²) >= 11 is 0. The minimum absolute atomic E-state index is 0.0471. The van der Waals surface area contributed by atoms with Crippen LogP contribution in [0.4, 0.5) is 0 Å². The third kappa shape index (κ3) is 2.32. The summed E-state index contributed by atoms with van der Waals surface area (Å²) in [5.74, 6) is -1.08. The van der Waals surface area contributed by atoms with Crippen molar-refractivity contribution in [3.8, 4) is 5.75 Å². The number of hydrogen-bond donors (Lipinski definition) is 1. The van der Waals surface area contributed by atoms with Crippen molar-refractivity contribution in [2.24, 2.45) is 0 Å². The molecule has 0 aromatic heterocycles. The Bertz CT molecular complexity index is 623. The van der Waals surface area contributed by atoms with Crippen LogP contribution in [0.15, 0.2) is 36.4 Å². The van der Waals surface area contributed by atoms with Gasteiger partial charge in [0, 0.05) is 9.95 Å². The van der Waals surface area contributed by atoms with Crippen molar-refractivity contribution in [1.82, 2.24) is 0 Å². The average Bonchev–Trinajstić information content (AvgIpc) is 2.38. The Morgan fingerprint density at radius 1 is 1.22 bits per heavy atom. The monoisotopic (exact) mass is 265 g/mol. The molecule has 2 rings (SSSR count). The highest BCUT2D eigenvalue weighted by Gasteiger charge is 2.26. The van der Waals surface area contributed by atoms with Crippen LogP contribution < -0.4 is 4.52 Å². The molecular formula is C12H10O5P+. The van der Waals surface area contributed by atoms with Crippen LogP contribution in [0.3, 0.4) is 0 Å². The van der Waals surface area contributed by atoms with Crippen LogP contribution in [0.1, 0.15) is 10.4 Å². The number of benzene rings is 2. The third-order valence-corrected chi connectivity index (χ3v) is 3.05. The Hall–Kier alpha value is -1.97. The number of carbonyl (C=O) groups is 1. The first-order chi connectivity index (χ1) is 8.63. The Balaban J connectivity index is 2.66. The quantitative estimate of drug-likeness (QED) is 0.859. The molecule has 0 saturated carbocycles. The SMILES string of the molecule is CO[P+](=O)Oc1c(C(=O)O)ccc2ccccc12. The van der Waals surface area contributed by atoms with Gasteiger partial charge in [-0.3, -0.25) is 0 Å². The van der Waals surface area contributed by atoms with E-state index in [9.17, 15) is 9.36 Å². The maximum atomic E-state index is 11.3. The number of hydrogen-bond acceptors (Lipinski definition) is 4. The minimum Gasteiger partial charge on any atom is -0.478 e. The molecule has 5 nitrogen and oxygen atoms in total. The molecule has 1 atom stereocenters. The van der Waals surface area contributed by atoms with Gasteiger partial charge >= 0.3 is 14.2 Å². The molecule has 0 radical (unpaired) electrons. The third-order valence-electron chi connectivity index (χ3n) is 2.42. The van der Waals surface area contributed by atoms with E-state index in [0.29, 0.717) is 5.39 Å². The highest BCUT2D eigenvalue weighted by atomic mass is 31.1. The molecule has 18 heavy (non-hydrogen) atoms. The lowest BCUT2D eigenvalue weighted by molar-refractivity contribution is 0.0695. The first kappa shape index (κ1) is 12.5. The normalized spacial score (nSPS) is 11.3. The molecule has 0 aliphatic carbocycles. The van der Waals surface area contributed by atoms with Crippen LogP contribution in [0.2, 0.25) is 0 Å². The highest BCUT2D eigenvalue weighted by Crippen LogP contribution is 2.36. The van der Waals surface area contributed by atoms with Crippen LogP contribution in [0.25, 0.3) is 10.8 Å². The second kappa shape index (κ2) is 5.12. The van der Waals surface area contributed by atoms with Crippen LogP contribution in [0, 0.1) is 0 Å². The fourth-order valence-electron chi connectivity index (χ4n) is 1.62. The molecule has 2 aromatic rings. The second-order valence-electron chi connectivity index (χ2n) is 3.47. The molecule has 6 heteroatoms. The van der Waals surface area contributed by atoms with E-state index in [4.69, 9.17) is 9.63 Å². The van der Waals surface area contributed by atoms with Gasteiger partial charge in [-0.1, -0.05) is 30.3 Å². The van der Waals surface area contributed by atoms with Gasteiger partial charge in [0.25, 0.3) is 0 Å². The number of aromatic carboxylic acids is 1. The zero-order valence-corrected chi connectivity index (χ0v) is 10.4. The molecule has 0 spiro atoms. The van der Waals surface area contributed by atoms with E-state index >= 15 is 0 Å². The molecule has 0 saturated heterocycles. The number of carboxylic acids is 1. The van der Waals surface area contributed by atoms with Crippen molar-refractivity contribution in [2.75, 3.05) is 7.11 Å². The molecule has 0 aliphatic rings. The molecular weight excluding hydrogens is 255 g/mol. The van der Waals surface area contributed by atoms with Gasteiger partial charge < -0.3 is 5.11 Å². The zero-order valence-electron chi connectivity index (χ0n) is 9.49. The fraction of sp³-hybridized carbons (Fsp3) is 0.0833. The van der Waals surface area contributed by atoms with E-state index in [-0.39, 0.29) is 11.3 Å². The largest absolute Gasteiger partial charge is 0.749 e. The van der Waals surface area contributed by atoms with Gasteiger partial charge in [0.2, 0.25) is 5.75 Å². The van der Waals surface area contributed by atoms with Crippen LogP contribution in [-0.2, 0) is 9.09 Å². The first-order valence-electron chi connectivity index (χ1n) is 5.08. The summed E-state index contributed by atoms with van der Waals surface area (Å²) in [5.41, 5.74) is -0.0471. The van der Waals surface area contributed by atoms with Gasteiger partial charge in [0.15, 0.2) is 0 Å². The molecule has 0 aliphatic heterocycles. The summed E-state index contributed by atoms with van der Waals surface area (Å²) in [7, 11) is -1.16. The van der Waals surface area contributed by atoms with Crippen molar-refractivity contribution in [2.45, 2.75) is 0 Å². The van der Waals surface area contributed by atoms with Gasteiger partial charge in [-0.2, -0.15) is 0 Å². The lowest BCUT2D eigenvalue weighted by atomic mass is 10.1. The minimum atomic E-state index is -2.38. The van der Waals surface area contributed by atoms with Crippen molar-refractivity contribution < 1.29 is 23.5 Å². The molecule has 1 unspecified atom stereocenters. The summed E-state index contributed by atoms with van der Waals surface area (Å²) < 4.78 is 20.9. The van der Waals surface area contributed by atoms with Crippen LogP contribution in [-0.4, -0.2) is 18.2 Å². The summed E-state index contributed by atoms with van der Waals surface area (Å²) in [5, 5.41) is 10.5. The lowest BCUT2D eigenvalue weighted by Gasteiger charge is -2.04. The lowest BCUT2D eigenvalue weighted by Crippen LogP contribution is -2.00. The number of rotatable bonds is 4. The van der Waals surface area contributed by atoms with Crippen LogP contribution in [0.5, 0.6) is 5.75 Å². The maximum Gasteiger partial charge on any atom is 0.749 e. The number of carboxylic acid groups (broad SMARTS) is 1. The molecule has 92 valence electrons. The van der Waals surface area contributed by atoms with E-state index in [2.05, 4.69) is 4.52 Å². The Morgan fingerprint density at radius 3 is 2.61 bits per heavy atom. The van der Waals surface area contributed by atoms with Gasteiger partial charge in [-0.15, -0.1) is 4.52 Å². The zero-order chi connectivity index (χ0) is 13.1. The maximum absolute atomic E-state index is 11.3. The molecule has 0 fully saturated rings. The van der Waals surface area contributed by atoms with Crippen molar-refractivity contribution in [3.05, 3.63) is 42.0 Å². The van der Waals surface area contributed by atoms with Gasteiger partial charge in [0.1, 0.15) is 5.56 Å². The van der Waals surface area contributed by atoms with E-state index < -0.39 is 14.2 Å². The Kier molecular flexibility index (Phi) is 3.55. The predicted octanol–water partition coefficient (Wildman–Crippen LogP) is 3.22. The number of fused-ring (bicyclic) bond motifs is 1. The Labute approximate surface area is 104 Å². The van der Waals surface area contributed by atoms with Gasteiger partial charge in [0.05, 0.1) is 7.11 Å². The standard InChI is InChI=1S/C12H9O5P/c1-16-18(15)17-11-9-5-3-2-4-8(9)6-7-10(11)12(13)14/h2-7H,1H3/p+1. The van der Waals surface area contributed by atoms with Crippen molar-refractivity contribution in [3.63, 3.8) is 0 Å². The summed E-state index contributed by atoms with van der Waals surface area (Å²) in [6, 6.07) is 10.2. The molecule has 1 N–H and O–H groups in total. The first-order valence-corrected chi connectivity index (χ1v) is 6.17. The smallest absolute Gasteiger partial charge is 0.478 e. The predicted molar refractivity (Wildman–Crippen MR) is 66.2 cm³/mol. The second-order valence-corrected chi connectivity index (χ2v) is 4.46. The van der Waals surface area contributed by atoms with Crippen molar-refractivity contribution >= 4 is 25.0 Å². The highest BCUT2D eigenvalue weighted by molar-refractivity contribution is 7.33. The van der Waals surface area contributed by atoms with Gasteiger partial charge in [-0.05, 0) is 11.5 Å². The Morgan fingerprint density at radius 2 is 1.94 bits per heavy atom. The molecule has 2 aromatic carbocycles. The summed E-state index contributed by atoms with van der Waals surface area (Å²) in [6.45, 7) is 0. The molecule has 0 bridgehead atoms. The van der Waals surface area contributed by atoms with Gasteiger partial charge in [-0.25, -0.2) is 9.32 Å². The molecule has 0 amide bonds. The van der Waals surface area contributed by atoms with Crippen molar-refractivity contribution in [1.29, 1.82) is 0 Å². The van der Waals surface area contributed by atoms with E-state index in [0.717, 1.165) is 5.39 Å². The van der Waals surface area contributed by atoms with E-state index in [1.54, 1.807) is 18.2 Å². The topological polar surface area (TPSA) is 72.8 Å². The summed E-state index contributed by atoms with van der Waals surface area (Å²) in [6.07, 6.45) is 0. The molecule has 0 heterocycles. The van der Waals surface area contributed by atoms with E-state index in [1.165, 1.54) is 13.2 Å². The summed E-state index contributed by atoms with van der Waals surface area (Å²) in [4.78, 5) is 11.1. The average molecular weight is 265 g/mol. The van der Waals surface area contributed by atoms with Crippen LogP contribution >= 0.6 is 8.25 Å². The van der Waals surface area contributed by atoms with E-state index in [1.807, 2.05) is 12.1 Å².